The molecule has 2 heterocycles. The van der Waals surface area contributed by atoms with E-state index in [0.29, 0.717) is 50.3 Å². The van der Waals surface area contributed by atoms with E-state index in [2.05, 4.69) is 36.4 Å². The Balaban J connectivity index is 1.12. The Hall–Kier alpha value is -7.10. The molecule has 284 valence electrons. The van der Waals surface area contributed by atoms with Crippen LogP contribution in [0.1, 0.15) is 0 Å². The summed E-state index contributed by atoms with van der Waals surface area (Å²) in [6, 6.07) is 53.4. The first-order valence-corrected chi connectivity index (χ1v) is 21.0. The van der Waals surface area contributed by atoms with Crippen molar-refractivity contribution < 1.29 is 8.83 Å². The summed E-state index contributed by atoms with van der Waals surface area (Å²) in [7, 11) is 57.3. The summed E-state index contributed by atoms with van der Waals surface area (Å²) in [5.74, 6) is 0. The second-order valence-corrected chi connectivity index (χ2v) is 16.1. The van der Waals surface area contributed by atoms with Gasteiger partial charge in [-0.05, 0) is 80.9 Å². The average Bonchev–Trinajstić information content (AvgIpc) is 3.92. The molecule has 0 saturated carbocycles. The lowest BCUT2D eigenvalue weighted by Gasteiger charge is -2.37. The van der Waals surface area contributed by atoms with Gasteiger partial charge in [0.1, 0.15) is 85.1 Å². The van der Waals surface area contributed by atoms with Gasteiger partial charge in [-0.25, -0.2) is 0 Å². The van der Waals surface area contributed by atoms with Gasteiger partial charge in [0.2, 0.25) is 0 Å². The molecular weight excluding hydrogens is 781 g/mol. The fraction of sp³-hybridized carbons (Fsp3) is 0. The van der Waals surface area contributed by atoms with Crippen molar-refractivity contribution >= 4 is 167 Å². The molecule has 0 amide bonds. The van der Waals surface area contributed by atoms with E-state index in [4.69, 9.17) is 71.6 Å². The Bertz CT molecular complexity index is 3450. The van der Waals surface area contributed by atoms with E-state index < -0.39 is 0 Å². The average molecular weight is 808 g/mol. The Labute approximate surface area is 387 Å². The Morgan fingerprint density at radius 3 is 1.05 bits per heavy atom. The number of benzene rings is 9. The summed E-state index contributed by atoms with van der Waals surface area (Å²) in [4.78, 5) is 1.74. The van der Waals surface area contributed by atoms with Crippen LogP contribution in [0.4, 0.5) is 17.1 Å². The van der Waals surface area contributed by atoms with Crippen LogP contribution in [0.15, 0.2) is 173 Å². The first-order chi connectivity index (χ1) is 31.6. The molecule has 9 aromatic carbocycles. The SMILES string of the molecule is [B]c1c([B])c(N(c2ccc(-c3ccc(-c4ccccc4)cc3)cc2)c2c([B])c([B])c(-c3cccc4oc5ccccc5c34)c([B])c2[B])c([B])c([B])c1-c1cccc2oc3ccccc3c12. The van der Waals surface area contributed by atoms with Crippen LogP contribution in [-0.2, 0) is 0 Å². The van der Waals surface area contributed by atoms with Crippen LogP contribution in [0.5, 0.6) is 0 Å². The lowest BCUT2D eigenvalue weighted by Crippen LogP contribution is -2.50. The zero-order valence-electron chi connectivity index (χ0n) is 35.0. The maximum atomic E-state index is 7.20. The van der Waals surface area contributed by atoms with E-state index in [1.807, 2.05) is 127 Å². The first kappa shape index (κ1) is 40.7. The topological polar surface area (TPSA) is 29.5 Å². The van der Waals surface area contributed by atoms with Crippen LogP contribution < -0.4 is 48.6 Å². The summed E-state index contributed by atoms with van der Waals surface area (Å²) in [5.41, 5.74) is 11.7. The Kier molecular flexibility index (Phi) is 9.92. The van der Waals surface area contributed by atoms with Crippen molar-refractivity contribution in [2.24, 2.45) is 0 Å². The highest BCUT2D eigenvalue weighted by Gasteiger charge is 2.28. The highest BCUT2D eigenvalue weighted by atomic mass is 16.3. The minimum Gasteiger partial charge on any atom is -0.456 e. The highest BCUT2D eigenvalue weighted by molar-refractivity contribution is 6.66. The van der Waals surface area contributed by atoms with Crippen molar-refractivity contribution in [3.05, 3.63) is 164 Å². The molecule has 0 aliphatic heterocycles. The second kappa shape index (κ2) is 15.9. The van der Waals surface area contributed by atoms with Gasteiger partial charge >= 0.3 is 0 Å². The van der Waals surface area contributed by atoms with Gasteiger partial charge in [0, 0.05) is 38.6 Å². The van der Waals surface area contributed by atoms with Crippen molar-refractivity contribution in [1.29, 1.82) is 0 Å². The molecule has 3 nitrogen and oxygen atoms in total. The van der Waals surface area contributed by atoms with Crippen LogP contribution >= 0.6 is 0 Å². The van der Waals surface area contributed by atoms with E-state index in [9.17, 15) is 0 Å². The van der Waals surface area contributed by atoms with Gasteiger partial charge in [-0.2, -0.15) is 0 Å². The standard InChI is InChI=1S/C54H27B8NO2/c55-45-43(35-14-8-18-39-41(35)33-12-4-6-16-37(33)64-39)46(56)50(60)53(49(45)59)63(32-26-24-31(25-27-32)30-22-20-29(21-23-30)28-10-2-1-3-11-28)54-51(61)47(57)44(48(58)52(54)62)36-15-9-19-40-42(36)34-13-5-7-17-38(34)65-40/h1-27H. The third-order valence-electron chi connectivity index (χ3n) is 12.5. The number of furan rings is 2. The molecule has 0 aliphatic rings. The lowest BCUT2D eigenvalue weighted by atomic mass is 9.62. The van der Waals surface area contributed by atoms with Gasteiger partial charge in [0.25, 0.3) is 0 Å². The van der Waals surface area contributed by atoms with Crippen molar-refractivity contribution in [3.63, 3.8) is 0 Å². The summed E-state index contributed by atoms with van der Waals surface area (Å²) < 4.78 is 12.4. The van der Waals surface area contributed by atoms with Crippen molar-refractivity contribution in [3.8, 4) is 44.5 Å². The van der Waals surface area contributed by atoms with E-state index in [0.717, 1.165) is 43.8 Å². The molecule has 11 heteroatoms. The molecule has 0 atom stereocenters. The van der Waals surface area contributed by atoms with Gasteiger partial charge in [-0.1, -0.05) is 171 Å². The number of anilines is 3. The first-order valence-electron chi connectivity index (χ1n) is 21.0. The molecule has 11 rings (SSSR count). The van der Waals surface area contributed by atoms with E-state index in [-0.39, 0.29) is 55.1 Å². The molecule has 11 aromatic rings. The van der Waals surface area contributed by atoms with E-state index in [1.165, 1.54) is 0 Å². The van der Waals surface area contributed by atoms with Crippen molar-refractivity contribution in [1.82, 2.24) is 0 Å². The fourth-order valence-corrected chi connectivity index (χ4v) is 9.32. The molecule has 0 bridgehead atoms. The van der Waals surface area contributed by atoms with Crippen LogP contribution in [-0.4, -0.2) is 62.8 Å². The molecule has 0 saturated heterocycles. The van der Waals surface area contributed by atoms with Gasteiger partial charge < -0.3 is 13.7 Å². The third-order valence-corrected chi connectivity index (χ3v) is 12.5. The molecule has 0 N–H and O–H groups in total. The molecule has 65 heavy (non-hydrogen) atoms. The van der Waals surface area contributed by atoms with E-state index >= 15 is 0 Å². The minimum absolute atomic E-state index is 0.131. The number of fused-ring (bicyclic) bond motifs is 6. The summed E-state index contributed by atoms with van der Waals surface area (Å²) in [5, 5.41) is 3.42. The Morgan fingerprint density at radius 2 is 0.631 bits per heavy atom. The number of para-hydroxylation sites is 2. The third kappa shape index (κ3) is 6.46. The minimum atomic E-state index is 0.131. The zero-order valence-corrected chi connectivity index (χ0v) is 35.0. The van der Waals surface area contributed by atoms with E-state index in [1.54, 1.807) is 4.90 Å². The summed E-state index contributed by atoms with van der Waals surface area (Å²) in [6.07, 6.45) is 0. The van der Waals surface area contributed by atoms with Gasteiger partial charge in [0.15, 0.2) is 0 Å². The maximum absolute atomic E-state index is 7.20. The molecule has 16 radical (unpaired) electrons. The lowest BCUT2D eigenvalue weighted by molar-refractivity contribution is 0.668. The van der Waals surface area contributed by atoms with Crippen LogP contribution in [0.25, 0.3) is 88.4 Å². The molecule has 0 unspecified atom stereocenters. The van der Waals surface area contributed by atoms with Gasteiger partial charge in [0.05, 0.1) is 0 Å². The monoisotopic (exact) mass is 809 g/mol. The summed E-state index contributed by atoms with van der Waals surface area (Å²) in [6.45, 7) is 0. The number of hydrogen-bond donors (Lipinski definition) is 0. The normalized spacial score (nSPS) is 11.6. The molecule has 0 aliphatic carbocycles. The molecule has 0 fully saturated rings. The van der Waals surface area contributed by atoms with Crippen LogP contribution in [0.2, 0.25) is 0 Å². The smallest absolute Gasteiger partial charge is 0.136 e. The summed E-state index contributed by atoms with van der Waals surface area (Å²) >= 11 is 0. The number of hydrogen-bond acceptors (Lipinski definition) is 3. The molecule has 2 aromatic heterocycles. The van der Waals surface area contributed by atoms with Crippen LogP contribution in [0, 0.1) is 0 Å². The molecular formula is C54H27B8NO2. The second-order valence-electron chi connectivity index (χ2n) is 16.1. The van der Waals surface area contributed by atoms with Gasteiger partial charge in [-0.3, -0.25) is 0 Å². The quantitative estimate of drug-likeness (QED) is 0.186. The number of rotatable bonds is 7. The Morgan fingerprint density at radius 1 is 0.292 bits per heavy atom. The largest absolute Gasteiger partial charge is 0.456 e. The van der Waals surface area contributed by atoms with Gasteiger partial charge in [-0.15, -0.1) is 0 Å². The number of nitrogens with zero attached hydrogens (tertiary/aromatic N) is 1. The fourth-order valence-electron chi connectivity index (χ4n) is 9.32. The predicted octanol–water partition coefficient (Wildman–Crippen LogP) is 5.97. The van der Waals surface area contributed by atoms with Crippen LogP contribution in [0.3, 0.4) is 0 Å². The highest BCUT2D eigenvalue weighted by Crippen LogP contribution is 2.39. The molecule has 0 spiro atoms. The van der Waals surface area contributed by atoms with Crippen molar-refractivity contribution in [2.75, 3.05) is 4.90 Å². The maximum Gasteiger partial charge on any atom is 0.136 e. The van der Waals surface area contributed by atoms with Crippen molar-refractivity contribution in [2.45, 2.75) is 0 Å². The zero-order chi connectivity index (χ0) is 44.7. The predicted molar refractivity (Wildman–Crippen MR) is 281 cm³/mol.